The van der Waals surface area contributed by atoms with E-state index >= 15 is 0 Å². The molecule has 3 aromatic heterocycles. The summed E-state index contributed by atoms with van der Waals surface area (Å²) in [5, 5.41) is 9.08. The lowest BCUT2D eigenvalue weighted by molar-refractivity contribution is -0.133. The van der Waals surface area contributed by atoms with Gasteiger partial charge in [-0.2, -0.15) is 4.98 Å². The van der Waals surface area contributed by atoms with Crippen LogP contribution in [-0.4, -0.2) is 48.2 Å². The Kier molecular flexibility index (Phi) is 5.72. The fourth-order valence-corrected chi connectivity index (χ4v) is 4.39. The molecule has 3 heterocycles. The molecule has 33 heavy (non-hydrogen) atoms. The molecule has 1 amide bonds. The first kappa shape index (κ1) is 21.4. The summed E-state index contributed by atoms with van der Waals surface area (Å²) in [7, 11) is 1.81. The standard InChI is InChI=1S/C23H23ClN6O3/c1-28(17-6-3-2-4-7-17)19(31)14-30-23(32)29-13-5-8-18(21(29)26-30)22-25-20(27-33-22)15-9-11-16(24)12-10-15/h5,8-13,17H,2-4,6-7,14H2,1H3. The van der Waals surface area contributed by atoms with Gasteiger partial charge in [-0.3, -0.25) is 4.79 Å². The molecule has 0 aliphatic heterocycles. The molecule has 1 fully saturated rings. The Balaban J connectivity index is 1.44. The van der Waals surface area contributed by atoms with E-state index in [-0.39, 0.29) is 24.4 Å². The highest BCUT2D eigenvalue weighted by Crippen LogP contribution is 2.25. The van der Waals surface area contributed by atoms with Gasteiger partial charge in [0.1, 0.15) is 6.54 Å². The number of amides is 1. The molecule has 0 unspecified atom stereocenters. The van der Waals surface area contributed by atoms with Crippen LogP contribution in [0.3, 0.4) is 0 Å². The first-order chi connectivity index (χ1) is 16.0. The van der Waals surface area contributed by atoms with Gasteiger partial charge in [0, 0.05) is 29.9 Å². The smallest absolute Gasteiger partial charge is 0.341 e. The lowest BCUT2D eigenvalue weighted by atomic mass is 9.94. The number of likely N-dealkylation sites (N-methyl/N-ethyl adjacent to an activating group) is 1. The average molecular weight is 467 g/mol. The molecule has 10 heteroatoms. The number of hydrogen-bond acceptors (Lipinski definition) is 6. The average Bonchev–Trinajstić information content (AvgIpc) is 3.45. The summed E-state index contributed by atoms with van der Waals surface area (Å²) < 4.78 is 8.03. The second-order valence-electron chi connectivity index (χ2n) is 8.28. The first-order valence-corrected chi connectivity index (χ1v) is 11.3. The SMILES string of the molecule is CN(C(=O)Cn1nc2c(-c3nc(-c4ccc(Cl)cc4)no3)cccn2c1=O)C1CCCCC1. The minimum Gasteiger partial charge on any atom is -0.341 e. The third-order valence-corrected chi connectivity index (χ3v) is 6.42. The molecular weight excluding hydrogens is 444 g/mol. The van der Waals surface area contributed by atoms with Crippen LogP contribution in [0.15, 0.2) is 51.9 Å². The Bertz CT molecular complexity index is 1350. The van der Waals surface area contributed by atoms with Crippen molar-refractivity contribution in [2.45, 2.75) is 44.7 Å². The van der Waals surface area contributed by atoms with Gasteiger partial charge in [-0.1, -0.05) is 36.0 Å². The van der Waals surface area contributed by atoms with Crippen molar-refractivity contribution in [2.24, 2.45) is 0 Å². The van der Waals surface area contributed by atoms with E-state index in [2.05, 4.69) is 15.2 Å². The molecule has 1 aliphatic carbocycles. The lowest BCUT2D eigenvalue weighted by Crippen LogP contribution is -2.41. The summed E-state index contributed by atoms with van der Waals surface area (Å²) in [6.07, 6.45) is 7.07. The predicted octanol–water partition coefficient (Wildman–Crippen LogP) is 3.66. The van der Waals surface area contributed by atoms with Gasteiger partial charge < -0.3 is 9.42 Å². The quantitative estimate of drug-likeness (QED) is 0.445. The Morgan fingerprint density at radius 2 is 1.94 bits per heavy atom. The van der Waals surface area contributed by atoms with Crippen molar-refractivity contribution in [2.75, 3.05) is 7.05 Å². The van der Waals surface area contributed by atoms with Crippen molar-refractivity contribution in [3.63, 3.8) is 0 Å². The maximum atomic E-state index is 12.9. The van der Waals surface area contributed by atoms with Gasteiger partial charge in [0.15, 0.2) is 5.65 Å². The van der Waals surface area contributed by atoms with Crippen LogP contribution in [-0.2, 0) is 11.3 Å². The molecule has 0 radical (unpaired) electrons. The zero-order chi connectivity index (χ0) is 22.9. The summed E-state index contributed by atoms with van der Waals surface area (Å²) in [6.45, 7) is -0.118. The van der Waals surface area contributed by atoms with Crippen LogP contribution in [0.5, 0.6) is 0 Å². The summed E-state index contributed by atoms with van der Waals surface area (Å²) in [4.78, 5) is 32.0. The van der Waals surface area contributed by atoms with Gasteiger partial charge in [0.25, 0.3) is 5.89 Å². The van der Waals surface area contributed by atoms with Gasteiger partial charge in [-0.25, -0.2) is 13.9 Å². The number of carbonyl (C=O) groups is 1. The molecule has 1 saturated carbocycles. The molecule has 0 spiro atoms. The normalized spacial score (nSPS) is 14.6. The third kappa shape index (κ3) is 4.16. The van der Waals surface area contributed by atoms with Crippen LogP contribution >= 0.6 is 11.6 Å². The maximum Gasteiger partial charge on any atom is 0.350 e. The molecule has 0 bridgehead atoms. The van der Waals surface area contributed by atoms with Crippen molar-refractivity contribution >= 4 is 23.2 Å². The number of pyridine rings is 1. The molecule has 1 aromatic carbocycles. The summed E-state index contributed by atoms with van der Waals surface area (Å²) in [5.74, 6) is 0.500. The highest BCUT2D eigenvalue weighted by atomic mass is 35.5. The van der Waals surface area contributed by atoms with E-state index in [4.69, 9.17) is 16.1 Å². The van der Waals surface area contributed by atoms with E-state index in [0.717, 1.165) is 31.2 Å². The van der Waals surface area contributed by atoms with Crippen LogP contribution in [0.1, 0.15) is 32.1 Å². The van der Waals surface area contributed by atoms with Crippen molar-refractivity contribution in [1.29, 1.82) is 0 Å². The second kappa shape index (κ2) is 8.82. The Labute approximate surface area is 194 Å². The summed E-state index contributed by atoms with van der Waals surface area (Å²) in [5.41, 5.74) is 1.21. The van der Waals surface area contributed by atoms with Gasteiger partial charge >= 0.3 is 5.69 Å². The van der Waals surface area contributed by atoms with Crippen LogP contribution in [0, 0.1) is 0 Å². The van der Waals surface area contributed by atoms with Gasteiger partial charge in [-0.15, -0.1) is 5.10 Å². The molecule has 9 nitrogen and oxygen atoms in total. The topological polar surface area (TPSA) is 98.5 Å². The highest BCUT2D eigenvalue weighted by Gasteiger charge is 2.24. The van der Waals surface area contributed by atoms with Gasteiger partial charge in [0.05, 0.1) is 5.56 Å². The van der Waals surface area contributed by atoms with Crippen LogP contribution < -0.4 is 5.69 Å². The molecule has 5 rings (SSSR count). The van der Waals surface area contributed by atoms with E-state index in [0.29, 0.717) is 22.1 Å². The lowest BCUT2D eigenvalue weighted by Gasteiger charge is -2.31. The number of halogens is 1. The summed E-state index contributed by atoms with van der Waals surface area (Å²) >= 11 is 5.95. The largest absolute Gasteiger partial charge is 0.350 e. The van der Waals surface area contributed by atoms with Crippen molar-refractivity contribution in [1.82, 2.24) is 29.2 Å². The van der Waals surface area contributed by atoms with E-state index in [9.17, 15) is 9.59 Å². The third-order valence-electron chi connectivity index (χ3n) is 6.17. The number of rotatable bonds is 5. The number of nitrogens with zero attached hydrogens (tertiary/aromatic N) is 6. The molecule has 170 valence electrons. The van der Waals surface area contributed by atoms with Crippen LogP contribution in [0.2, 0.25) is 5.02 Å². The fourth-order valence-electron chi connectivity index (χ4n) is 4.27. The maximum absolute atomic E-state index is 12.9. The number of aromatic nitrogens is 5. The van der Waals surface area contributed by atoms with Gasteiger partial charge in [0.2, 0.25) is 11.7 Å². The minimum absolute atomic E-state index is 0.118. The highest BCUT2D eigenvalue weighted by molar-refractivity contribution is 6.30. The fraction of sp³-hybridized carbons (Fsp3) is 0.348. The second-order valence-corrected chi connectivity index (χ2v) is 8.72. The molecule has 0 saturated heterocycles. The number of fused-ring (bicyclic) bond motifs is 1. The zero-order valence-electron chi connectivity index (χ0n) is 18.1. The van der Waals surface area contributed by atoms with Gasteiger partial charge in [-0.05, 0) is 49.2 Å². The monoisotopic (exact) mass is 466 g/mol. The minimum atomic E-state index is -0.394. The zero-order valence-corrected chi connectivity index (χ0v) is 18.9. The van der Waals surface area contributed by atoms with E-state index < -0.39 is 5.69 Å². The van der Waals surface area contributed by atoms with E-state index in [1.165, 1.54) is 15.5 Å². The first-order valence-electron chi connectivity index (χ1n) is 10.9. The summed E-state index contributed by atoms with van der Waals surface area (Å²) in [6, 6.07) is 10.8. The van der Waals surface area contributed by atoms with Crippen molar-refractivity contribution in [3.8, 4) is 22.8 Å². The predicted molar refractivity (Wildman–Crippen MR) is 123 cm³/mol. The molecule has 4 aromatic rings. The van der Waals surface area contributed by atoms with E-state index in [1.807, 2.05) is 0 Å². The Hall–Kier alpha value is -3.46. The molecule has 0 N–H and O–H groups in total. The number of benzene rings is 1. The Morgan fingerprint density at radius 1 is 1.18 bits per heavy atom. The molecular formula is C23H23ClN6O3. The van der Waals surface area contributed by atoms with Crippen LogP contribution in [0.4, 0.5) is 0 Å². The number of carbonyl (C=O) groups excluding carboxylic acids is 1. The molecule has 0 atom stereocenters. The van der Waals surface area contributed by atoms with E-state index in [1.54, 1.807) is 54.5 Å². The van der Waals surface area contributed by atoms with Crippen molar-refractivity contribution < 1.29 is 9.32 Å². The number of hydrogen-bond donors (Lipinski definition) is 0. The van der Waals surface area contributed by atoms with Crippen LogP contribution in [0.25, 0.3) is 28.5 Å². The molecule has 1 aliphatic rings. The Morgan fingerprint density at radius 3 is 2.70 bits per heavy atom. The van der Waals surface area contributed by atoms with Crippen molar-refractivity contribution in [3.05, 3.63) is 58.1 Å².